The molecule has 0 aliphatic carbocycles. The minimum atomic E-state index is -0.368. The largest absolute Gasteiger partial charge is 0.340 e. The summed E-state index contributed by atoms with van der Waals surface area (Å²) >= 11 is 13.6. The Kier molecular flexibility index (Phi) is 4.55. The van der Waals surface area contributed by atoms with Gasteiger partial charge in [0.25, 0.3) is 0 Å². The molecule has 2 saturated heterocycles. The molecule has 124 valence electrons. The van der Waals surface area contributed by atoms with Gasteiger partial charge >= 0.3 is 0 Å². The van der Waals surface area contributed by atoms with Gasteiger partial charge in [-0.05, 0) is 31.0 Å². The average molecular weight is 373 g/mol. The van der Waals surface area contributed by atoms with E-state index in [2.05, 4.69) is 6.92 Å². The maximum absolute atomic E-state index is 12.8. The lowest BCUT2D eigenvalue weighted by Crippen LogP contribution is -2.50. The Bertz CT molecular complexity index is 669. The van der Waals surface area contributed by atoms with Crippen molar-refractivity contribution in [3.8, 4) is 0 Å². The zero-order chi connectivity index (χ0) is 16.8. The number of thioether (sulfide) groups is 1. The number of carbonyl (C=O) groups excluding carboxylic acids is 2. The van der Waals surface area contributed by atoms with E-state index in [1.807, 2.05) is 6.07 Å². The molecule has 0 unspecified atom stereocenters. The molecule has 0 aromatic heterocycles. The molecule has 0 radical (unpaired) electrons. The van der Waals surface area contributed by atoms with Crippen LogP contribution < -0.4 is 0 Å². The number of carbonyl (C=O) groups is 2. The number of hydrogen-bond donors (Lipinski definition) is 0. The molecule has 1 aromatic carbocycles. The highest BCUT2D eigenvalue weighted by atomic mass is 35.5. The topological polar surface area (TPSA) is 40.6 Å². The molecule has 2 amide bonds. The number of hydrogen-bond acceptors (Lipinski definition) is 3. The molecule has 0 N–H and O–H groups in total. The quantitative estimate of drug-likeness (QED) is 0.816. The molecule has 2 fully saturated rings. The van der Waals surface area contributed by atoms with E-state index in [1.54, 1.807) is 40.7 Å². The van der Waals surface area contributed by atoms with Crippen LogP contribution in [0.5, 0.6) is 0 Å². The molecule has 2 aliphatic rings. The van der Waals surface area contributed by atoms with Crippen LogP contribution in [0.1, 0.15) is 25.3 Å². The van der Waals surface area contributed by atoms with Crippen molar-refractivity contribution in [2.45, 2.75) is 37.2 Å². The predicted molar refractivity (Wildman–Crippen MR) is 93.7 cm³/mol. The van der Waals surface area contributed by atoms with Crippen molar-refractivity contribution in [1.82, 2.24) is 9.80 Å². The highest BCUT2D eigenvalue weighted by Crippen LogP contribution is 2.47. The van der Waals surface area contributed by atoms with E-state index in [4.69, 9.17) is 23.2 Å². The van der Waals surface area contributed by atoms with E-state index >= 15 is 0 Å². The highest BCUT2D eigenvalue weighted by Gasteiger charge is 2.53. The summed E-state index contributed by atoms with van der Waals surface area (Å²) in [6.07, 6.45) is 1.35. The fraction of sp³-hybridized carbons (Fsp3) is 0.500. The van der Waals surface area contributed by atoms with Crippen LogP contribution in [0.25, 0.3) is 0 Å². The molecule has 7 heteroatoms. The van der Waals surface area contributed by atoms with Gasteiger partial charge in [0, 0.05) is 25.8 Å². The number of likely N-dealkylation sites (N-methyl/N-ethyl adjacent to an activating group) is 1. The molecule has 2 heterocycles. The molecule has 0 bridgehead atoms. The van der Waals surface area contributed by atoms with Gasteiger partial charge in [-0.1, -0.05) is 29.3 Å². The van der Waals surface area contributed by atoms with Gasteiger partial charge in [0.1, 0.15) is 6.04 Å². The lowest BCUT2D eigenvalue weighted by Gasteiger charge is -2.32. The maximum atomic E-state index is 12.8. The van der Waals surface area contributed by atoms with E-state index in [1.165, 1.54) is 0 Å². The standard InChI is InChI=1S/C16H18Cl2N2O2S/c1-16-6-5-14(21)20(16)13(9-23-16)15(22)19(2)8-10-3-4-11(17)12(18)7-10/h3-4,7,13H,5-6,8-9H2,1-2H3/t13-,16-/m0/s1. The smallest absolute Gasteiger partial charge is 0.246 e. The predicted octanol–water partition coefficient (Wildman–Crippen LogP) is 3.41. The van der Waals surface area contributed by atoms with Gasteiger partial charge in [-0.15, -0.1) is 11.8 Å². The summed E-state index contributed by atoms with van der Waals surface area (Å²) in [5.74, 6) is 0.716. The highest BCUT2D eigenvalue weighted by molar-refractivity contribution is 8.01. The number of rotatable bonds is 3. The summed E-state index contributed by atoms with van der Waals surface area (Å²) in [5.41, 5.74) is 0.913. The Balaban J connectivity index is 1.72. The molecule has 1 aromatic rings. The van der Waals surface area contributed by atoms with Gasteiger partial charge in [-0.25, -0.2) is 0 Å². The van der Waals surface area contributed by atoms with Gasteiger partial charge in [0.15, 0.2) is 0 Å². The van der Waals surface area contributed by atoms with Crippen LogP contribution in [-0.4, -0.2) is 45.3 Å². The third kappa shape index (κ3) is 3.06. The molecule has 23 heavy (non-hydrogen) atoms. The van der Waals surface area contributed by atoms with Crippen molar-refractivity contribution < 1.29 is 9.59 Å². The van der Waals surface area contributed by atoms with Gasteiger partial charge in [0.05, 0.1) is 14.9 Å². The van der Waals surface area contributed by atoms with Crippen molar-refractivity contribution in [2.75, 3.05) is 12.8 Å². The van der Waals surface area contributed by atoms with E-state index < -0.39 is 0 Å². The van der Waals surface area contributed by atoms with Gasteiger partial charge in [-0.3, -0.25) is 9.59 Å². The molecule has 3 rings (SSSR count). The first-order chi connectivity index (χ1) is 10.8. The van der Waals surface area contributed by atoms with Gasteiger partial charge in [0.2, 0.25) is 11.8 Å². The third-order valence-corrected chi connectivity index (χ3v) is 6.75. The molecule has 4 nitrogen and oxygen atoms in total. The second kappa shape index (κ2) is 6.19. The molecule has 0 saturated carbocycles. The molecular formula is C16H18Cl2N2O2S. The third-order valence-electron chi connectivity index (χ3n) is 4.51. The summed E-state index contributed by atoms with van der Waals surface area (Å²) in [5, 5.41) is 0.971. The summed E-state index contributed by atoms with van der Waals surface area (Å²) < 4.78 is 0. The summed E-state index contributed by atoms with van der Waals surface area (Å²) in [6.45, 7) is 2.49. The first-order valence-corrected chi connectivity index (χ1v) is 9.21. The van der Waals surface area contributed by atoms with Crippen LogP contribution in [-0.2, 0) is 16.1 Å². The Morgan fingerprint density at radius 1 is 1.43 bits per heavy atom. The first-order valence-electron chi connectivity index (χ1n) is 7.47. The Hall–Kier alpha value is -0.910. The first kappa shape index (κ1) is 16.9. The molecular weight excluding hydrogens is 355 g/mol. The van der Waals surface area contributed by atoms with Crippen molar-refractivity contribution in [1.29, 1.82) is 0 Å². The average Bonchev–Trinajstić information content (AvgIpc) is 2.99. The zero-order valence-electron chi connectivity index (χ0n) is 13.0. The lowest BCUT2D eigenvalue weighted by molar-refractivity contribution is -0.143. The van der Waals surface area contributed by atoms with Crippen LogP contribution >= 0.6 is 35.0 Å². The van der Waals surface area contributed by atoms with Crippen molar-refractivity contribution >= 4 is 46.8 Å². The number of halogens is 2. The molecule has 0 spiro atoms. The van der Waals surface area contributed by atoms with Crippen molar-refractivity contribution in [3.63, 3.8) is 0 Å². The van der Waals surface area contributed by atoms with E-state index in [0.717, 1.165) is 12.0 Å². The van der Waals surface area contributed by atoms with E-state index in [-0.39, 0.29) is 22.7 Å². The summed E-state index contributed by atoms with van der Waals surface area (Å²) in [4.78, 5) is 28.2. The Morgan fingerprint density at radius 3 is 2.87 bits per heavy atom. The van der Waals surface area contributed by atoms with E-state index in [0.29, 0.717) is 28.8 Å². The number of benzene rings is 1. The lowest BCUT2D eigenvalue weighted by atomic mass is 10.1. The minimum absolute atomic E-state index is 0.0254. The monoisotopic (exact) mass is 372 g/mol. The number of amides is 2. The van der Waals surface area contributed by atoms with Crippen LogP contribution in [0.3, 0.4) is 0 Å². The fourth-order valence-corrected chi connectivity index (χ4v) is 4.99. The second-order valence-corrected chi connectivity index (χ2v) is 8.52. The maximum Gasteiger partial charge on any atom is 0.246 e. The molecule has 2 atom stereocenters. The number of fused-ring (bicyclic) bond motifs is 1. The van der Waals surface area contributed by atoms with Gasteiger partial charge < -0.3 is 9.80 Å². The Morgan fingerprint density at radius 2 is 2.17 bits per heavy atom. The van der Waals surface area contributed by atoms with Crippen LogP contribution in [0.2, 0.25) is 10.0 Å². The summed E-state index contributed by atoms with van der Waals surface area (Å²) in [7, 11) is 1.76. The zero-order valence-corrected chi connectivity index (χ0v) is 15.3. The van der Waals surface area contributed by atoms with Crippen LogP contribution in [0.15, 0.2) is 18.2 Å². The normalized spacial score (nSPS) is 26.5. The van der Waals surface area contributed by atoms with E-state index in [9.17, 15) is 9.59 Å². The molecule has 2 aliphatic heterocycles. The SMILES string of the molecule is CN(Cc1ccc(Cl)c(Cl)c1)C(=O)[C@@H]1CS[C@@]2(C)CCC(=O)N12. The van der Waals surface area contributed by atoms with Crippen LogP contribution in [0, 0.1) is 0 Å². The van der Waals surface area contributed by atoms with Gasteiger partial charge in [-0.2, -0.15) is 0 Å². The number of nitrogens with zero attached hydrogens (tertiary/aromatic N) is 2. The Labute approximate surface area is 150 Å². The minimum Gasteiger partial charge on any atom is -0.340 e. The van der Waals surface area contributed by atoms with Crippen LogP contribution in [0.4, 0.5) is 0 Å². The van der Waals surface area contributed by atoms with Crippen molar-refractivity contribution in [3.05, 3.63) is 33.8 Å². The van der Waals surface area contributed by atoms with Crippen molar-refractivity contribution in [2.24, 2.45) is 0 Å². The summed E-state index contributed by atoms with van der Waals surface area (Å²) in [6, 6.07) is 4.98. The fourth-order valence-electron chi connectivity index (χ4n) is 3.25. The second-order valence-electron chi connectivity index (χ2n) is 6.21.